The lowest BCUT2D eigenvalue weighted by atomic mass is 9.78. The van der Waals surface area contributed by atoms with Crippen LogP contribution in [-0.4, -0.2) is 42.3 Å². The van der Waals surface area contributed by atoms with Crippen molar-refractivity contribution in [2.75, 3.05) is 13.2 Å². The Balaban J connectivity index is 2.10. The summed E-state index contributed by atoms with van der Waals surface area (Å²) in [6.45, 7) is 16.1. The molecule has 7 heteroatoms. The normalized spacial score (nSPS) is 15.5. The van der Waals surface area contributed by atoms with Gasteiger partial charge in [-0.25, -0.2) is 9.18 Å². The van der Waals surface area contributed by atoms with Gasteiger partial charge in [0, 0.05) is 36.9 Å². The Morgan fingerprint density at radius 1 is 1.24 bits per heavy atom. The minimum atomic E-state index is -1.31. The van der Waals surface area contributed by atoms with Crippen LogP contribution in [0.2, 0.25) is 25.7 Å². The van der Waals surface area contributed by atoms with Crippen molar-refractivity contribution in [2.45, 2.75) is 77.9 Å². The van der Waals surface area contributed by atoms with Crippen molar-refractivity contribution in [3.05, 3.63) is 52.6 Å². The topological polar surface area (TPSA) is 62.7 Å². The number of amides is 1. The van der Waals surface area contributed by atoms with E-state index in [1.165, 1.54) is 12.1 Å². The second-order valence-electron chi connectivity index (χ2n) is 11.2. The molecule has 0 bridgehead atoms. The Morgan fingerprint density at radius 2 is 1.88 bits per heavy atom. The van der Waals surface area contributed by atoms with E-state index in [-0.39, 0.29) is 24.4 Å². The van der Waals surface area contributed by atoms with E-state index >= 15 is 0 Å². The van der Waals surface area contributed by atoms with Gasteiger partial charge < -0.3 is 14.7 Å². The standard InChI is InChI=1S/C26H37FN2O3Si/c1-17(2)23-21(15-30)22(18-8-10-19(27)11-9-18)20-14-29(16-26(3,4)24(20)28-23)25(31)32-12-13-33(5,6)7/h8-11,17,30H,12-16H2,1-7H3. The van der Waals surface area contributed by atoms with Crippen LogP contribution in [0, 0.1) is 5.82 Å². The fraction of sp³-hybridized carbons (Fsp3) is 0.538. The summed E-state index contributed by atoms with van der Waals surface area (Å²) in [5.41, 5.74) is 4.65. The molecule has 180 valence electrons. The predicted octanol–water partition coefficient (Wildman–Crippen LogP) is 6.07. The molecule has 0 fully saturated rings. The molecule has 2 aromatic rings. The molecule has 0 atom stereocenters. The second-order valence-corrected chi connectivity index (χ2v) is 16.8. The number of aliphatic hydroxyl groups excluding tert-OH is 1. The Hall–Kier alpha value is -2.25. The number of ether oxygens (including phenoxy) is 1. The lowest BCUT2D eigenvalue weighted by Gasteiger charge is -2.40. The average Bonchev–Trinajstić information content (AvgIpc) is 2.71. The summed E-state index contributed by atoms with van der Waals surface area (Å²) in [6, 6.07) is 7.23. The largest absolute Gasteiger partial charge is 0.450 e. The van der Waals surface area contributed by atoms with Crippen molar-refractivity contribution >= 4 is 14.2 Å². The number of aliphatic hydroxyl groups is 1. The number of hydrogen-bond donors (Lipinski definition) is 1. The van der Waals surface area contributed by atoms with Crippen LogP contribution in [0.4, 0.5) is 9.18 Å². The molecule has 0 radical (unpaired) electrons. The molecule has 0 spiro atoms. The molecule has 1 aromatic carbocycles. The first kappa shape index (κ1) is 25.4. The van der Waals surface area contributed by atoms with Gasteiger partial charge in [-0.1, -0.05) is 59.5 Å². The molecule has 1 aliphatic rings. The van der Waals surface area contributed by atoms with E-state index in [4.69, 9.17) is 9.72 Å². The van der Waals surface area contributed by atoms with Gasteiger partial charge >= 0.3 is 6.09 Å². The molecule has 1 amide bonds. The minimum absolute atomic E-state index is 0.108. The van der Waals surface area contributed by atoms with Crippen LogP contribution >= 0.6 is 0 Å². The van der Waals surface area contributed by atoms with Crippen molar-refractivity contribution in [1.29, 1.82) is 0 Å². The molecule has 1 N–H and O–H groups in total. The van der Waals surface area contributed by atoms with E-state index in [1.807, 2.05) is 0 Å². The Morgan fingerprint density at radius 3 is 2.42 bits per heavy atom. The molecule has 1 aromatic heterocycles. The van der Waals surface area contributed by atoms with Crippen molar-refractivity contribution in [3.8, 4) is 11.1 Å². The minimum Gasteiger partial charge on any atom is -0.450 e. The quantitative estimate of drug-likeness (QED) is 0.518. The zero-order valence-electron chi connectivity index (χ0n) is 21.0. The maximum absolute atomic E-state index is 13.7. The summed E-state index contributed by atoms with van der Waals surface area (Å²) in [7, 11) is -1.31. The van der Waals surface area contributed by atoms with E-state index in [0.29, 0.717) is 19.7 Å². The molecular formula is C26H37FN2O3Si. The molecule has 5 nitrogen and oxygen atoms in total. The van der Waals surface area contributed by atoms with Crippen molar-refractivity contribution in [1.82, 2.24) is 9.88 Å². The monoisotopic (exact) mass is 472 g/mol. The van der Waals surface area contributed by atoms with Gasteiger partial charge in [-0.2, -0.15) is 0 Å². The smallest absolute Gasteiger partial charge is 0.410 e. The van der Waals surface area contributed by atoms with Gasteiger partial charge in [-0.05, 0) is 35.2 Å². The van der Waals surface area contributed by atoms with Crippen LogP contribution in [0.25, 0.3) is 11.1 Å². The lowest BCUT2D eigenvalue weighted by molar-refractivity contribution is 0.0906. The van der Waals surface area contributed by atoms with E-state index < -0.39 is 13.5 Å². The van der Waals surface area contributed by atoms with Gasteiger partial charge in [0.15, 0.2) is 0 Å². The predicted molar refractivity (Wildman–Crippen MR) is 133 cm³/mol. The highest BCUT2D eigenvalue weighted by Gasteiger charge is 2.39. The van der Waals surface area contributed by atoms with Crippen LogP contribution < -0.4 is 0 Å². The number of halogens is 1. The van der Waals surface area contributed by atoms with Gasteiger partial charge in [0.25, 0.3) is 0 Å². The van der Waals surface area contributed by atoms with E-state index in [0.717, 1.165) is 39.7 Å². The summed E-state index contributed by atoms with van der Waals surface area (Å²) in [5, 5.41) is 10.3. The van der Waals surface area contributed by atoms with Gasteiger partial charge in [0.1, 0.15) is 5.82 Å². The number of carbonyl (C=O) groups is 1. The third-order valence-electron chi connectivity index (χ3n) is 6.18. The first-order chi connectivity index (χ1) is 15.3. The summed E-state index contributed by atoms with van der Waals surface area (Å²) in [5.74, 6) is -0.207. The summed E-state index contributed by atoms with van der Waals surface area (Å²) >= 11 is 0. The molecule has 2 heterocycles. The molecular weight excluding hydrogens is 435 g/mol. The van der Waals surface area contributed by atoms with Gasteiger partial charge in [0.05, 0.1) is 25.5 Å². The average molecular weight is 473 g/mol. The zero-order valence-corrected chi connectivity index (χ0v) is 22.0. The Kier molecular flexibility index (Phi) is 7.34. The van der Waals surface area contributed by atoms with E-state index in [2.05, 4.69) is 47.3 Å². The first-order valence-electron chi connectivity index (χ1n) is 11.7. The van der Waals surface area contributed by atoms with Crippen molar-refractivity contribution in [2.24, 2.45) is 0 Å². The lowest BCUT2D eigenvalue weighted by Crippen LogP contribution is -2.46. The highest BCUT2D eigenvalue weighted by molar-refractivity contribution is 6.76. The first-order valence-corrected chi connectivity index (χ1v) is 15.4. The maximum atomic E-state index is 13.7. The number of nitrogens with zero attached hydrogens (tertiary/aromatic N) is 2. The SMILES string of the molecule is CC(C)c1nc2c(c(-c3ccc(F)cc3)c1CO)CN(C(=O)OCC[Si](C)(C)C)CC2(C)C. The number of carbonyl (C=O) groups excluding carboxylic acids is 1. The number of fused-ring (bicyclic) bond motifs is 1. The number of benzene rings is 1. The fourth-order valence-corrected chi connectivity index (χ4v) is 5.18. The Bertz CT molecular complexity index is 1010. The van der Waals surface area contributed by atoms with Crippen LogP contribution in [0.3, 0.4) is 0 Å². The maximum Gasteiger partial charge on any atom is 0.410 e. The molecule has 0 aliphatic carbocycles. The van der Waals surface area contributed by atoms with Gasteiger partial charge in [-0.15, -0.1) is 0 Å². The third kappa shape index (κ3) is 5.64. The van der Waals surface area contributed by atoms with Crippen LogP contribution in [-0.2, 0) is 23.3 Å². The van der Waals surface area contributed by atoms with Crippen molar-refractivity contribution in [3.63, 3.8) is 0 Å². The van der Waals surface area contributed by atoms with E-state index in [9.17, 15) is 14.3 Å². The summed E-state index contributed by atoms with van der Waals surface area (Å²) in [4.78, 5) is 19.8. The molecule has 33 heavy (non-hydrogen) atoms. The van der Waals surface area contributed by atoms with Gasteiger partial charge in [0.2, 0.25) is 0 Å². The molecule has 0 saturated carbocycles. The number of pyridine rings is 1. The molecule has 1 aliphatic heterocycles. The molecule has 0 unspecified atom stereocenters. The summed E-state index contributed by atoms with van der Waals surface area (Å²) < 4.78 is 19.3. The highest BCUT2D eigenvalue weighted by Crippen LogP contribution is 2.42. The van der Waals surface area contributed by atoms with Gasteiger partial charge in [-0.3, -0.25) is 4.98 Å². The zero-order chi connectivity index (χ0) is 24.6. The summed E-state index contributed by atoms with van der Waals surface area (Å²) in [6.07, 6.45) is -0.324. The molecule has 0 saturated heterocycles. The molecule has 3 rings (SSSR count). The second kappa shape index (κ2) is 9.55. The number of hydrogen-bond acceptors (Lipinski definition) is 4. The fourth-order valence-electron chi connectivity index (χ4n) is 4.46. The third-order valence-corrected chi connectivity index (χ3v) is 7.88. The number of rotatable bonds is 6. The van der Waals surface area contributed by atoms with Crippen molar-refractivity contribution < 1.29 is 19.0 Å². The highest BCUT2D eigenvalue weighted by atomic mass is 28.3. The number of aromatic nitrogens is 1. The Labute approximate surface area is 198 Å². The van der Waals surface area contributed by atoms with Crippen LogP contribution in [0.5, 0.6) is 0 Å². The van der Waals surface area contributed by atoms with Crippen LogP contribution in [0.1, 0.15) is 56.1 Å². The van der Waals surface area contributed by atoms with E-state index in [1.54, 1.807) is 17.0 Å². The van der Waals surface area contributed by atoms with Crippen LogP contribution in [0.15, 0.2) is 24.3 Å².